The van der Waals surface area contributed by atoms with Gasteiger partial charge in [0.05, 0.1) is 11.1 Å². The summed E-state index contributed by atoms with van der Waals surface area (Å²) in [4.78, 5) is 24.0. The van der Waals surface area contributed by atoms with Crippen molar-refractivity contribution >= 4 is 28.6 Å². The van der Waals surface area contributed by atoms with Gasteiger partial charge in [-0.25, -0.2) is 5.43 Å². The molecule has 0 saturated heterocycles. The van der Waals surface area contributed by atoms with Gasteiger partial charge in [-0.2, -0.15) is 5.10 Å². The molecular weight excluding hydrogens is 584 g/mol. The van der Waals surface area contributed by atoms with E-state index in [9.17, 15) is 14.9 Å². The van der Waals surface area contributed by atoms with Crippen LogP contribution < -0.4 is 14.9 Å². The Labute approximate surface area is 264 Å². The van der Waals surface area contributed by atoms with E-state index in [0.29, 0.717) is 17.1 Å². The number of nitro benzene ring substituents is 1. The summed E-state index contributed by atoms with van der Waals surface area (Å²) in [6, 6.07) is 33.2. The van der Waals surface area contributed by atoms with Crippen LogP contribution in [0.5, 0.6) is 11.5 Å². The second-order valence-corrected chi connectivity index (χ2v) is 10.6. The Hall–Kier alpha value is -6.16. The van der Waals surface area contributed by atoms with Crippen molar-refractivity contribution < 1.29 is 23.6 Å². The number of amides is 1. The second-order valence-electron chi connectivity index (χ2n) is 10.6. The molecule has 2 aromatic heterocycles. The highest BCUT2D eigenvalue weighted by atomic mass is 16.6. The summed E-state index contributed by atoms with van der Waals surface area (Å²) in [5.74, 6) is 0.610. The molecule has 2 heterocycles. The maximum Gasteiger partial charge on any atom is 0.311 e. The molecule has 0 bridgehead atoms. The fourth-order valence-electron chi connectivity index (χ4n) is 5.23. The molecule has 0 saturated carbocycles. The zero-order chi connectivity index (χ0) is 32.0. The molecule has 10 heteroatoms. The number of carbonyl (C=O) groups excluding carboxylic acids is 1. The van der Waals surface area contributed by atoms with Crippen LogP contribution >= 0.6 is 0 Å². The molecule has 0 fully saturated rings. The minimum absolute atomic E-state index is 0.0381. The van der Waals surface area contributed by atoms with Crippen LogP contribution in [0, 0.1) is 24.0 Å². The Morgan fingerprint density at radius 3 is 2.39 bits per heavy atom. The zero-order valence-corrected chi connectivity index (χ0v) is 25.2. The molecule has 0 spiro atoms. The number of rotatable bonds is 11. The first-order valence-corrected chi connectivity index (χ1v) is 14.5. The molecule has 230 valence electrons. The normalized spacial score (nSPS) is 11.2. The van der Waals surface area contributed by atoms with Crippen LogP contribution in [0.25, 0.3) is 16.5 Å². The van der Waals surface area contributed by atoms with Gasteiger partial charge < -0.3 is 18.5 Å². The fraction of sp³-hybridized carbons (Fsp3) is 0.111. The number of aryl methyl sites for hydroxylation is 2. The van der Waals surface area contributed by atoms with Crippen LogP contribution in [0.2, 0.25) is 0 Å². The van der Waals surface area contributed by atoms with Gasteiger partial charge in [-0.3, -0.25) is 14.9 Å². The van der Waals surface area contributed by atoms with Crippen molar-refractivity contribution in [1.29, 1.82) is 0 Å². The zero-order valence-electron chi connectivity index (χ0n) is 25.2. The van der Waals surface area contributed by atoms with Gasteiger partial charge in [-0.05, 0) is 84.8 Å². The number of carbonyl (C=O) groups is 1. The number of nitrogens with one attached hydrogen (secondary N) is 1. The molecule has 0 aliphatic rings. The molecule has 0 aliphatic heterocycles. The van der Waals surface area contributed by atoms with Gasteiger partial charge in [0.25, 0.3) is 0 Å². The predicted octanol–water partition coefficient (Wildman–Crippen LogP) is 7.67. The number of benzene rings is 4. The summed E-state index contributed by atoms with van der Waals surface area (Å²) >= 11 is 0. The lowest BCUT2D eigenvalue weighted by Gasteiger charge is -2.11. The molecule has 0 unspecified atom stereocenters. The quantitative estimate of drug-likeness (QED) is 0.0908. The van der Waals surface area contributed by atoms with Gasteiger partial charge >= 0.3 is 11.6 Å². The molecule has 0 radical (unpaired) electrons. The van der Waals surface area contributed by atoms with Crippen molar-refractivity contribution in [2.45, 2.75) is 27.1 Å². The van der Waals surface area contributed by atoms with Gasteiger partial charge in [0.1, 0.15) is 24.7 Å². The number of fused-ring (bicyclic) bond motifs is 1. The molecule has 46 heavy (non-hydrogen) atoms. The van der Waals surface area contributed by atoms with Crippen molar-refractivity contribution in [2.24, 2.45) is 5.10 Å². The standard InChI is InChI=1S/C36H30N4O6/c1-24-13-14-25(2)39(24)29-15-17-30(18-16-29)44-23-31-19-20-34(46-31)36(41)38-37-21-27-9-6-12-33(40(42)43)35(27)45-22-28-10-5-8-26-7-3-4-11-32(26)28/h3-21H,22-23H2,1-2H3,(H,38,41)/b37-21+. The molecule has 6 rings (SSSR count). The minimum atomic E-state index is -0.590. The Bertz CT molecular complexity index is 2030. The summed E-state index contributed by atoms with van der Waals surface area (Å²) in [6.45, 7) is 4.35. The first-order valence-electron chi connectivity index (χ1n) is 14.5. The minimum Gasteiger partial charge on any atom is -0.486 e. The highest BCUT2D eigenvalue weighted by Crippen LogP contribution is 2.31. The summed E-state index contributed by atoms with van der Waals surface area (Å²) in [5.41, 5.74) is 6.73. The van der Waals surface area contributed by atoms with Crippen molar-refractivity contribution in [3.63, 3.8) is 0 Å². The van der Waals surface area contributed by atoms with E-state index in [4.69, 9.17) is 13.9 Å². The number of furan rings is 1. The van der Waals surface area contributed by atoms with E-state index in [1.807, 2.05) is 66.7 Å². The van der Waals surface area contributed by atoms with Crippen molar-refractivity contribution in [1.82, 2.24) is 9.99 Å². The van der Waals surface area contributed by atoms with Gasteiger partial charge in [-0.1, -0.05) is 48.5 Å². The topological polar surface area (TPSA) is 121 Å². The maximum atomic E-state index is 12.7. The monoisotopic (exact) mass is 614 g/mol. The number of nitrogens with zero attached hydrogens (tertiary/aromatic N) is 3. The number of para-hydroxylation sites is 1. The van der Waals surface area contributed by atoms with Gasteiger partial charge in [0, 0.05) is 28.7 Å². The summed E-state index contributed by atoms with van der Waals surface area (Å²) in [5, 5.41) is 17.8. The first-order chi connectivity index (χ1) is 22.4. The molecule has 0 atom stereocenters. The largest absolute Gasteiger partial charge is 0.486 e. The Morgan fingerprint density at radius 2 is 1.61 bits per heavy atom. The maximum absolute atomic E-state index is 12.7. The number of nitro groups is 1. The average Bonchev–Trinajstić information content (AvgIpc) is 3.69. The summed E-state index contributed by atoms with van der Waals surface area (Å²) in [6.07, 6.45) is 1.30. The van der Waals surface area contributed by atoms with Crippen molar-refractivity contribution in [2.75, 3.05) is 0 Å². The molecule has 4 aromatic carbocycles. The van der Waals surface area contributed by atoms with Crippen LogP contribution in [0.4, 0.5) is 5.69 Å². The van der Waals surface area contributed by atoms with E-state index < -0.39 is 10.8 Å². The first kappa shape index (κ1) is 29.9. The molecule has 0 aliphatic carbocycles. The summed E-state index contributed by atoms with van der Waals surface area (Å²) in [7, 11) is 0. The van der Waals surface area contributed by atoms with E-state index in [-0.39, 0.29) is 30.4 Å². The fourth-order valence-corrected chi connectivity index (χ4v) is 5.23. The second kappa shape index (κ2) is 13.2. The molecule has 1 amide bonds. The van der Waals surface area contributed by atoms with Crippen LogP contribution in [0.15, 0.2) is 119 Å². The van der Waals surface area contributed by atoms with Crippen molar-refractivity contribution in [3.8, 4) is 17.2 Å². The molecule has 10 nitrogen and oxygen atoms in total. The van der Waals surface area contributed by atoms with Gasteiger partial charge in [0.2, 0.25) is 5.75 Å². The number of ether oxygens (including phenoxy) is 2. The Morgan fingerprint density at radius 1 is 0.870 bits per heavy atom. The van der Waals surface area contributed by atoms with Gasteiger partial charge in [0.15, 0.2) is 5.76 Å². The lowest BCUT2D eigenvalue weighted by Crippen LogP contribution is -2.17. The summed E-state index contributed by atoms with van der Waals surface area (Å²) < 4.78 is 19.6. The van der Waals surface area contributed by atoms with E-state index in [0.717, 1.165) is 33.4 Å². The average molecular weight is 615 g/mol. The third-order valence-corrected chi connectivity index (χ3v) is 7.48. The Kier molecular flexibility index (Phi) is 8.60. The van der Waals surface area contributed by atoms with E-state index in [2.05, 4.69) is 41.1 Å². The lowest BCUT2D eigenvalue weighted by molar-refractivity contribution is -0.385. The van der Waals surface area contributed by atoms with Crippen LogP contribution in [0.1, 0.15) is 38.8 Å². The number of hydrazone groups is 1. The van der Waals surface area contributed by atoms with Crippen LogP contribution in [-0.4, -0.2) is 21.6 Å². The van der Waals surface area contributed by atoms with E-state index in [1.54, 1.807) is 12.1 Å². The molecule has 1 N–H and O–H groups in total. The van der Waals surface area contributed by atoms with Crippen LogP contribution in [-0.2, 0) is 13.2 Å². The third kappa shape index (κ3) is 6.51. The predicted molar refractivity (Wildman–Crippen MR) is 175 cm³/mol. The van der Waals surface area contributed by atoms with E-state index >= 15 is 0 Å². The Balaban J connectivity index is 1.08. The lowest BCUT2D eigenvalue weighted by atomic mass is 10.1. The highest BCUT2D eigenvalue weighted by Gasteiger charge is 2.19. The third-order valence-electron chi connectivity index (χ3n) is 7.48. The van der Waals surface area contributed by atoms with Gasteiger partial charge in [-0.15, -0.1) is 0 Å². The van der Waals surface area contributed by atoms with Crippen LogP contribution in [0.3, 0.4) is 0 Å². The molecular formula is C36H30N4O6. The van der Waals surface area contributed by atoms with E-state index in [1.165, 1.54) is 24.4 Å². The molecule has 6 aromatic rings. The number of hydrogen-bond acceptors (Lipinski definition) is 7. The number of hydrogen-bond donors (Lipinski definition) is 1. The number of aromatic nitrogens is 1. The van der Waals surface area contributed by atoms with Crippen molar-refractivity contribution in [3.05, 3.63) is 153 Å². The smallest absolute Gasteiger partial charge is 0.311 e. The highest BCUT2D eigenvalue weighted by molar-refractivity contribution is 5.93. The SMILES string of the molecule is Cc1ccc(C)n1-c1ccc(OCc2ccc(C(=O)N/N=C/c3cccc([N+](=O)[O-])c3OCc3cccc4ccccc34)o2)cc1.